The zero-order chi connectivity index (χ0) is 26.2. The number of nitrogens with one attached hydrogen (secondary N) is 1. The Hall–Kier alpha value is -2.65. The second-order valence-corrected chi connectivity index (χ2v) is 11.2. The van der Waals surface area contributed by atoms with Gasteiger partial charge in [0.2, 0.25) is 21.8 Å². The third kappa shape index (κ3) is 9.14. The van der Waals surface area contributed by atoms with Crippen LogP contribution in [0.3, 0.4) is 0 Å². The van der Waals surface area contributed by atoms with Crippen molar-refractivity contribution in [2.45, 2.75) is 46.2 Å². The molecule has 2 aromatic rings. The smallest absolute Gasteiger partial charge is 0.242 e. The first-order chi connectivity index (χ1) is 16.4. The molecule has 0 spiro atoms. The Morgan fingerprint density at radius 2 is 1.74 bits per heavy atom. The molecule has 0 radical (unpaired) electrons. The van der Waals surface area contributed by atoms with Gasteiger partial charge >= 0.3 is 0 Å². The Morgan fingerprint density at radius 1 is 1.09 bits per heavy atom. The van der Waals surface area contributed by atoms with E-state index in [9.17, 15) is 22.4 Å². The fourth-order valence-electron chi connectivity index (χ4n) is 3.48. The molecule has 0 heterocycles. The van der Waals surface area contributed by atoms with E-state index in [2.05, 4.69) is 5.32 Å². The normalized spacial score (nSPS) is 12.3. The quantitative estimate of drug-likeness (QED) is 0.449. The molecule has 0 aliphatic rings. The zero-order valence-electron chi connectivity index (χ0n) is 20.5. The molecule has 0 bridgehead atoms. The maximum Gasteiger partial charge on any atom is 0.242 e. The van der Waals surface area contributed by atoms with Crippen LogP contribution >= 0.6 is 11.6 Å². The van der Waals surface area contributed by atoms with Crippen LogP contribution in [0.5, 0.6) is 0 Å². The number of benzene rings is 2. The molecule has 35 heavy (non-hydrogen) atoms. The summed E-state index contributed by atoms with van der Waals surface area (Å²) in [5.74, 6) is -0.765. The molecular formula is C25H33ClFN3O4S. The Morgan fingerprint density at radius 3 is 2.31 bits per heavy atom. The Kier molecular flexibility index (Phi) is 10.5. The molecule has 0 aliphatic carbocycles. The van der Waals surface area contributed by atoms with Crippen LogP contribution in [0.2, 0.25) is 5.02 Å². The number of nitrogens with zero attached hydrogens (tertiary/aromatic N) is 2. The summed E-state index contributed by atoms with van der Waals surface area (Å²) < 4.78 is 39.0. The first kappa shape index (κ1) is 28.6. The fourth-order valence-corrected chi connectivity index (χ4v) is 4.66. The van der Waals surface area contributed by atoms with Gasteiger partial charge in [0.25, 0.3) is 0 Å². The van der Waals surface area contributed by atoms with Gasteiger partial charge in [0.1, 0.15) is 11.9 Å². The van der Waals surface area contributed by atoms with Gasteiger partial charge in [-0.2, -0.15) is 0 Å². The lowest BCUT2D eigenvalue weighted by atomic mass is 10.1. The molecule has 192 valence electrons. The number of carbonyl (C=O) groups is 2. The van der Waals surface area contributed by atoms with E-state index in [1.54, 1.807) is 25.1 Å². The third-order valence-electron chi connectivity index (χ3n) is 5.36. The molecule has 10 heteroatoms. The number of hydrogen-bond donors (Lipinski definition) is 1. The maximum atomic E-state index is 13.3. The second kappa shape index (κ2) is 12.9. The molecule has 0 aliphatic heterocycles. The molecule has 0 fully saturated rings. The summed E-state index contributed by atoms with van der Waals surface area (Å²) in [6.45, 7) is 6.34. The van der Waals surface area contributed by atoms with Crippen LogP contribution in [-0.4, -0.2) is 50.5 Å². The van der Waals surface area contributed by atoms with E-state index in [0.29, 0.717) is 17.3 Å². The van der Waals surface area contributed by atoms with Gasteiger partial charge in [-0.1, -0.05) is 37.6 Å². The van der Waals surface area contributed by atoms with E-state index < -0.39 is 21.9 Å². The second-order valence-electron chi connectivity index (χ2n) is 8.88. The van der Waals surface area contributed by atoms with Crippen molar-refractivity contribution in [2.75, 3.05) is 23.7 Å². The van der Waals surface area contributed by atoms with Crippen LogP contribution in [0, 0.1) is 11.7 Å². The minimum atomic E-state index is -3.64. The van der Waals surface area contributed by atoms with Crippen molar-refractivity contribution in [3.05, 3.63) is 64.9 Å². The van der Waals surface area contributed by atoms with Gasteiger partial charge in [0, 0.05) is 31.1 Å². The van der Waals surface area contributed by atoms with Crippen LogP contribution in [0.25, 0.3) is 0 Å². The Balaban J connectivity index is 2.15. The van der Waals surface area contributed by atoms with Gasteiger partial charge in [-0.15, -0.1) is 0 Å². The van der Waals surface area contributed by atoms with Crippen molar-refractivity contribution in [2.24, 2.45) is 5.92 Å². The molecule has 2 rings (SSSR count). The third-order valence-corrected chi connectivity index (χ3v) is 6.79. The molecule has 1 N–H and O–H groups in total. The first-order valence-electron chi connectivity index (χ1n) is 11.4. The molecule has 1 unspecified atom stereocenters. The van der Waals surface area contributed by atoms with E-state index in [4.69, 9.17) is 11.6 Å². The van der Waals surface area contributed by atoms with Crippen LogP contribution < -0.4 is 9.62 Å². The summed E-state index contributed by atoms with van der Waals surface area (Å²) >= 11 is 6.10. The zero-order valence-corrected chi connectivity index (χ0v) is 22.1. The van der Waals surface area contributed by atoms with Gasteiger partial charge in [0.05, 0.1) is 11.9 Å². The minimum Gasteiger partial charge on any atom is -0.354 e. The number of amides is 2. The van der Waals surface area contributed by atoms with Crippen molar-refractivity contribution in [1.29, 1.82) is 0 Å². The number of hydrogen-bond acceptors (Lipinski definition) is 4. The Bertz CT molecular complexity index is 1110. The predicted molar refractivity (Wildman–Crippen MR) is 137 cm³/mol. The molecule has 0 aromatic heterocycles. The van der Waals surface area contributed by atoms with E-state index in [-0.39, 0.29) is 43.7 Å². The van der Waals surface area contributed by atoms with Gasteiger partial charge in [-0.05, 0) is 61.2 Å². The monoisotopic (exact) mass is 525 g/mol. The van der Waals surface area contributed by atoms with Gasteiger partial charge in [-0.3, -0.25) is 13.9 Å². The molecule has 2 aromatic carbocycles. The van der Waals surface area contributed by atoms with Crippen LogP contribution in [0.1, 0.15) is 39.2 Å². The lowest BCUT2D eigenvalue weighted by Gasteiger charge is -2.29. The molecule has 2 amide bonds. The average Bonchev–Trinajstić information content (AvgIpc) is 2.78. The first-order valence-corrected chi connectivity index (χ1v) is 13.7. The predicted octanol–water partition coefficient (Wildman–Crippen LogP) is 4.21. The van der Waals surface area contributed by atoms with Gasteiger partial charge in [-0.25, -0.2) is 12.8 Å². The number of rotatable bonds is 12. The molecule has 1 atom stereocenters. The van der Waals surface area contributed by atoms with Crippen LogP contribution in [0.15, 0.2) is 48.5 Å². The standard InChI is InChI=1S/C25H33ClFN3O4S/c1-18(2)16-28-25(32)19(3)29(17-20-7-5-8-21(26)15-20)24(31)9-6-14-30(35(4,33)34)23-12-10-22(27)11-13-23/h5,7-8,10-13,15,18-19H,6,9,14,16-17H2,1-4H3,(H,28,32). The fraction of sp³-hybridized carbons (Fsp3) is 0.440. The van der Waals surface area contributed by atoms with Gasteiger partial charge < -0.3 is 10.2 Å². The lowest BCUT2D eigenvalue weighted by Crippen LogP contribution is -2.48. The summed E-state index contributed by atoms with van der Waals surface area (Å²) in [6.07, 6.45) is 1.30. The minimum absolute atomic E-state index is 0.0234. The Labute approximate surface area is 212 Å². The highest BCUT2D eigenvalue weighted by Gasteiger charge is 2.26. The van der Waals surface area contributed by atoms with Crippen LogP contribution in [-0.2, 0) is 26.2 Å². The van der Waals surface area contributed by atoms with Crippen molar-refractivity contribution in [1.82, 2.24) is 10.2 Å². The number of anilines is 1. The summed E-state index contributed by atoms with van der Waals surface area (Å²) in [5.41, 5.74) is 1.09. The molecular weight excluding hydrogens is 493 g/mol. The average molecular weight is 526 g/mol. The number of halogens is 2. The lowest BCUT2D eigenvalue weighted by molar-refractivity contribution is -0.140. The molecule has 0 saturated carbocycles. The van der Waals surface area contributed by atoms with Crippen molar-refractivity contribution in [3.63, 3.8) is 0 Å². The summed E-state index contributed by atoms with van der Waals surface area (Å²) in [7, 11) is -3.64. The van der Waals surface area contributed by atoms with E-state index in [1.165, 1.54) is 29.2 Å². The SMILES string of the molecule is CC(C)CNC(=O)C(C)N(Cc1cccc(Cl)c1)C(=O)CCCN(c1ccc(F)cc1)S(C)(=O)=O. The van der Waals surface area contributed by atoms with Crippen molar-refractivity contribution < 1.29 is 22.4 Å². The highest BCUT2D eigenvalue weighted by molar-refractivity contribution is 7.92. The topological polar surface area (TPSA) is 86.8 Å². The highest BCUT2D eigenvalue weighted by Crippen LogP contribution is 2.20. The van der Waals surface area contributed by atoms with E-state index in [1.807, 2.05) is 19.9 Å². The highest BCUT2D eigenvalue weighted by atomic mass is 35.5. The molecule has 7 nitrogen and oxygen atoms in total. The number of carbonyl (C=O) groups excluding carboxylic acids is 2. The molecule has 0 saturated heterocycles. The van der Waals surface area contributed by atoms with E-state index in [0.717, 1.165) is 16.1 Å². The van der Waals surface area contributed by atoms with E-state index >= 15 is 0 Å². The summed E-state index contributed by atoms with van der Waals surface area (Å²) in [4.78, 5) is 27.4. The van der Waals surface area contributed by atoms with Crippen molar-refractivity contribution >= 4 is 39.1 Å². The van der Waals surface area contributed by atoms with Crippen molar-refractivity contribution in [3.8, 4) is 0 Å². The summed E-state index contributed by atoms with van der Waals surface area (Å²) in [5, 5.41) is 3.38. The number of sulfonamides is 1. The largest absolute Gasteiger partial charge is 0.354 e. The van der Waals surface area contributed by atoms with Gasteiger partial charge in [0.15, 0.2) is 0 Å². The maximum absolute atomic E-state index is 13.3. The summed E-state index contributed by atoms with van der Waals surface area (Å²) in [6, 6.07) is 11.5. The van der Waals surface area contributed by atoms with Crippen LogP contribution in [0.4, 0.5) is 10.1 Å².